The first-order chi connectivity index (χ1) is 20.3. The van der Waals surface area contributed by atoms with Crippen molar-refractivity contribution in [2.24, 2.45) is 48.4 Å². The molecule has 3 aliphatic heterocycles. The van der Waals surface area contributed by atoms with Gasteiger partial charge < -0.3 is 14.2 Å². The van der Waals surface area contributed by atoms with Gasteiger partial charge in [0.15, 0.2) is 0 Å². The summed E-state index contributed by atoms with van der Waals surface area (Å²) in [5.74, 6) is 3.85. The Morgan fingerprint density at radius 3 is 0.905 bits per heavy atom. The van der Waals surface area contributed by atoms with Crippen LogP contribution in [0.2, 0.25) is 0 Å². The third-order valence-corrected chi connectivity index (χ3v) is 8.86. The van der Waals surface area contributed by atoms with Crippen molar-refractivity contribution in [3.05, 3.63) is 89.5 Å². The Kier molecular flexibility index (Phi) is 6.55. The molecular weight excluding hydrogens is 528 g/mol. The predicted molar refractivity (Wildman–Crippen MR) is 157 cm³/mol. The van der Waals surface area contributed by atoms with Crippen molar-refractivity contribution in [2.45, 2.75) is 57.0 Å². The van der Waals surface area contributed by atoms with Gasteiger partial charge in [-0.1, -0.05) is 36.4 Å². The first kappa shape index (κ1) is 26.7. The summed E-state index contributed by atoms with van der Waals surface area (Å²) in [6.45, 7) is 8.03. The van der Waals surface area contributed by atoms with Gasteiger partial charge >= 0.3 is 0 Å². The first-order valence-corrected chi connectivity index (χ1v) is 14.8. The molecule has 0 bridgehead atoms. The molecule has 42 heavy (non-hydrogen) atoms. The fraction of sp³-hybridized carbons (Fsp3) is 0.455. The summed E-state index contributed by atoms with van der Waals surface area (Å²) in [6, 6.07) is 24.4. The minimum absolute atomic E-state index is 0.371. The van der Waals surface area contributed by atoms with Crippen LogP contribution in [0.1, 0.15) is 56.7 Å². The molecule has 0 N–H and O–H groups in total. The molecule has 0 radical (unpaired) electrons. The van der Waals surface area contributed by atoms with Crippen LogP contribution in [0.15, 0.2) is 103 Å². The van der Waals surface area contributed by atoms with Crippen molar-refractivity contribution in [3.8, 4) is 17.2 Å². The fourth-order valence-electron chi connectivity index (χ4n) is 5.93. The highest BCUT2D eigenvalue weighted by Crippen LogP contribution is 2.41. The van der Waals surface area contributed by atoms with Crippen molar-refractivity contribution in [2.75, 3.05) is 19.8 Å². The van der Waals surface area contributed by atoms with Crippen molar-refractivity contribution >= 4 is 0 Å². The Morgan fingerprint density at radius 2 is 0.690 bits per heavy atom. The van der Waals surface area contributed by atoms with Crippen LogP contribution in [0.3, 0.4) is 0 Å². The second-order valence-electron chi connectivity index (χ2n) is 12.5. The molecule has 7 rings (SSSR count). The number of nitrogens with zero attached hydrogens (tertiary/aromatic N) is 6. The van der Waals surface area contributed by atoms with Gasteiger partial charge in [0.05, 0.1) is 19.8 Å². The average molecular weight is 565 g/mol. The van der Waals surface area contributed by atoms with Crippen LogP contribution in [-0.4, -0.2) is 19.8 Å². The van der Waals surface area contributed by atoms with Crippen LogP contribution >= 0.6 is 0 Å². The zero-order chi connectivity index (χ0) is 28.8. The second-order valence-corrected chi connectivity index (χ2v) is 12.5. The summed E-state index contributed by atoms with van der Waals surface area (Å²) in [7, 11) is 0. The van der Waals surface area contributed by atoms with E-state index in [1.54, 1.807) is 0 Å². The molecule has 0 unspecified atom stereocenters. The van der Waals surface area contributed by atoms with Crippen LogP contribution in [0.5, 0.6) is 17.2 Å². The second kappa shape index (κ2) is 10.3. The largest absolute Gasteiger partial charge is 0.493 e. The number of hydrogen-bond donors (Lipinski definition) is 0. The summed E-state index contributed by atoms with van der Waals surface area (Å²) >= 11 is 0. The number of rotatable bonds is 12. The highest BCUT2D eigenvalue weighted by molar-refractivity contribution is 5.35. The lowest BCUT2D eigenvalue weighted by Crippen LogP contribution is -2.32. The molecule has 9 nitrogen and oxygen atoms in total. The fourth-order valence-corrected chi connectivity index (χ4v) is 5.93. The van der Waals surface area contributed by atoms with E-state index in [0.29, 0.717) is 37.6 Å². The predicted octanol–water partition coefficient (Wildman–Crippen LogP) is 8.17. The van der Waals surface area contributed by atoms with Gasteiger partial charge in [0.25, 0.3) is 0 Å². The van der Waals surface area contributed by atoms with Crippen molar-refractivity contribution in [1.29, 1.82) is 0 Å². The van der Waals surface area contributed by atoms with E-state index < -0.39 is 0 Å². The Hall–Kier alpha value is -4.14. The molecule has 0 spiro atoms. The minimum Gasteiger partial charge on any atom is -0.493 e. The summed E-state index contributed by atoms with van der Waals surface area (Å²) in [4.78, 5) is 0. The third kappa shape index (κ3) is 5.91. The van der Waals surface area contributed by atoms with Gasteiger partial charge in [-0.2, -0.15) is 30.7 Å². The zero-order valence-electron chi connectivity index (χ0n) is 24.3. The lowest BCUT2D eigenvalue weighted by molar-refractivity contribution is 0.0815. The highest BCUT2D eigenvalue weighted by atomic mass is 16.5. The normalized spacial score (nSPS) is 25.1. The molecule has 0 aromatic heterocycles. The van der Waals surface area contributed by atoms with Gasteiger partial charge in [0.1, 0.15) is 17.2 Å². The molecule has 1 saturated carbocycles. The van der Waals surface area contributed by atoms with Gasteiger partial charge in [-0.05, 0) is 94.2 Å². The van der Waals surface area contributed by atoms with Crippen molar-refractivity contribution in [3.63, 3.8) is 0 Å². The Morgan fingerprint density at radius 1 is 0.452 bits per heavy atom. The van der Waals surface area contributed by atoms with Crippen LogP contribution in [-0.2, 0) is 17.0 Å². The van der Waals surface area contributed by atoms with Crippen molar-refractivity contribution < 1.29 is 14.2 Å². The molecule has 4 aliphatic rings. The maximum Gasteiger partial charge on any atom is 0.213 e. The van der Waals surface area contributed by atoms with E-state index in [0.717, 1.165) is 53.2 Å². The number of benzene rings is 3. The van der Waals surface area contributed by atoms with Crippen LogP contribution in [0.25, 0.3) is 0 Å². The summed E-state index contributed by atoms with van der Waals surface area (Å²) in [6.07, 6.45) is 3.16. The van der Waals surface area contributed by atoms with E-state index in [2.05, 4.69) is 67.1 Å². The van der Waals surface area contributed by atoms with Gasteiger partial charge in [0.2, 0.25) is 17.0 Å². The van der Waals surface area contributed by atoms with E-state index in [4.69, 9.17) is 14.2 Å². The standard InChI is InChI=1S/C33H36N6O3/c1-31(34-35-31)25-4-10-28(11-5-25)40-19-22-16-23(20-41-29-12-6-26(7-13-29)32(2)36-37-32)18-24(17-22)21-42-30-14-8-27(9-15-30)33(3)38-39-33/h4-15,22-24H,16-21H2,1-3H3. The molecule has 3 aromatic carbocycles. The number of hydrogen-bond acceptors (Lipinski definition) is 9. The third-order valence-electron chi connectivity index (χ3n) is 8.86. The molecular formula is C33H36N6O3. The van der Waals surface area contributed by atoms with Gasteiger partial charge in [-0.3, -0.25) is 0 Å². The molecule has 1 aliphatic carbocycles. The van der Waals surface area contributed by atoms with Crippen LogP contribution in [0, 0.1) is 17.8 Å². The van der Waals surface area contributed by atoms with E-state index in [1.807, 2.05) is 57.2 Å². The first-order valence-electron chi connectivity index (χ1n) is 14.8. The van der Waals surface area contributed by atoms with Gasteiger partial charge in [-0.25, -0.2) is 0 Å². The molecule has 1 fully saturated rings. The maximum absolute atomic E-state index is 6.28. The average Bonchev–Trinajstić information content (AvgIpc) is 3.96. The zero-order valence-corrected chi connectivity index (χ0v) is 24.3. The topological polar surface area (TPSA) is 102 Å². The lowest BCUT2D eigenvalue weighted by atomic mass is 9.76. The van der Waals surface area contributed by atoms with E-state index in [-0.39, 0.29) is 17.0 Å². The SMILES string of the molecule is CC1(c2ccc(OCC3CC(COc4ccc(C5(C)N=N5)cc4)CC(COc4ccc(C5(C)N=N5)cc4)C3)cc2)N=N1. The van der Waals surface area contributed by atoms with E-state index in [9.17, 15) is 0 Å². The number of ether oxygens (including phenoxy) is 3. The summed E-state index contributed by atoms with van der Waals surface area (Å²) in [5, 5.41) is 24.8. The lowest BCUT2D eigenvalue weighted by Gasteiger charge is -2.34. The quantitative estimate of drug-likeness (QED) is 0.222. The molecule has 0 atom stereocenters. The monoisotopic (exact) mass is 564 g/mol. The van der Waals surface area contributed by atoms with Crippen molar-refractivity contribution in [1.82, 2.24) is 0 Å². The molecule has 3 aromatic rings. The Labute approximate surface area is 246 Å². The smallest absolute Gasteiger partial charge is 0.213 e. The van der Waals surface area contributed by atoms with Gasteiger partial charge in [-0.15, -0.1) is 0 Å². The molecule has 0 saturated heterocycles. The van der Waals surface area contributed by atoms with Gasteiger partial charge in [0, 0.05) is 16.7 Å². The summed E-state index contributed by atoms with van der Waals surface area (Å²) in [5.41, 5.74) is 2.16. The Bertz CT molecular complexity index is 1310. The van der Waals surface area contributed by atoms with E-state index in [1.165, 1.54) is 0 Å². The molecule has 216 valence electrons. The van der Waals surface area contributed by atoms with Crippen LogP contribution in [0.4, 0.5) is 0 Å². The maximum atomic E-state index is 6.28. The summed E-state index contributed by atoms with van der Waals surface area (Å²) < 4.78 is 18.8. The molecule has 0 amide bonds. The Balaban J connectivity index is 0.967. The van der Waals surface area contributed by atoms with Crippen LogP contribution < -0.4 is 14.2 Å². The molecule has 3 heterocycles. The van der Waals surface area contributed by atoms with E-state index >= 15 is 0 Å². The molecule has 9 heteroatoms. The highest BCUT2D eigenvalue weighted by Gasteiger charge is 2.37. The minimum atomic E-state index is -0.371.